The molecule has 0 aromatic carbocycles. The van der Waals surface area contributed by atoms with Crippen LogP contribution in [0.4, 0.5) is 0 Å². The number of allylic oxidation sites excluding steroid dienone is 4. The monoisotopic (exact) mass is 186 g/mol. The van der Waals surface area contributed by atoms with Gasteiger partial charge in [0.25, 0.3) is 0 Å². The summed E-state index contributed by atoms with van der Waals surface area (Å²) in [4.78, 5) is 8.46. The fraction of sp³-hybridized carbons (Fsp3) is 0.333. The summed E-state index contributed by atoms with van der Waals surface area (Å²) in [5, 5.41) is 0. The van der Waals surface area contributed by atoms with Gasteiger partial charge in [-0.15, -0.1) is 0 Å². The van der Waals surface area contributed by atoms with Crippen LogP contribution < -0.4 is 0 Å². The predicted octanol–water partition coefficient (Wildman–Crippen LogP) is 2.70. The van der Waals surface area contributed by atoms with Gasteiger partial charge >= 0.3 is 0 Å². The Bertz CT molecular complexity index is 365. The summed E-state index contributed by atoms with van der Waals surface area (Å²) < 4.78 is 0. The molecule has 0 saturated heterocycles. The van der Waals surface area contributed by atoms with Crippen molar-refractivity contribution in [1.82, 2.24) is 9.97 Å². The minimum Gasteiger partial charge on any atom is -0.237 e. The van der Waals surface area contributed by atoms with E-state index in [9.17, 15) is 0 Å². The van der Waals surface area contributed by atoms with Crippen molar-refractivity contribution in [3.05, 3.63) is 42.5 Å². The SMILES string of the molecule is CC1C=CC(c2ncccn2)=CC1C. The van der Waals surface area contributed by atoms with Crippen LogP contribution in [-0.2, 0) is 0 Å². The summed E-state index contributed by atoms with van der Waals surface area (Å²) in [5.41, 5.74) is 1.14. The number of nitrogens with zero attached hydrogens (tertiary/aromatic N) is 2. The first kappa shape index (κ1) is 9.13. The maximum Gasteiger partial charge on any atom is 0.158 e. The highest BCUT2D eigenvalue weighted by Gasteiger charge is 2.13. The molecule has 2 rings (SSSR count). The van der Waals surface area contributed by atoms with Crippen LogP contribution in [0.25, 0.3) is 5.57 Å². The van der Waals surface area contributed by atoms with Crippen LogP contribution in [0.1, 0.15) is 19.7 Å². The fourth-order valence-electron chi connectivity index (χ4n) is 1.52. The van der Waals surface area contributed by atoms with Crippen LogP contribution in [0.2, 0.25) is 0 Å². The summed E-state index contributed by atoms with van der Waals surface area (Å²) in [6.07, 6.45) is 10.1. The molecule has 0 bridgehead atoms. The summed E-state index contributed by atoms with van der Waals surface area (Å²) in [7, 11) is 0. The Morgan fingerprint density at radius 3 is 2.43 bits per heavy atom. The standard InChI is InChI=1S/C12H14N2/c1-9-4-5-11(8-10(9)2)12-13-6-3-7-14-12/h3-10H,1-2H3. The molecule has 1 aromatic rings. The summed E-state index contributed by atoms with van der Waals surface area (Å²) in [6, 6.07) is 1.84. The summed E-state index contributed by atoms with van der Waals surface area (Å²) in [6.45, 7) is 4.44. The van der Waals surface area contributed by atoms with Crippen LogP contribution >= 0.6 is 0 Å². The summed E-state index contributed by atoms with van der Waals surface area (Å²) >= 11 is 0. The zero-order chi connectivity index (χ0) is 9.97. The number of hydrogen-bond donors (Lipinski definition) is 0. The molecule has 1 aliphatic carbocycles. The minimum atomic E-state index is 0.568. The van der Waals surface area contributed by atoms with Gasteiger partial charge in [-0.1, -0.05) is 32.1 Å². The molecule has 0 spiro atoms. The minimum absolute atomic E-state index is 0.568. The average molecular weight is 186 g/mol. The Labute approximate surface area is 84.4 Å². The maximum absolute atomic E-state index is 4.23. The molecule has 2 heteroatoms. The van der Waals surface area contributed by atoms with Gasteiger partial charge < -0.3 is 0 Å². The second kappa shape index (κ2) is 3.74. The average Bonchev–Trinajstić information content (AvgIpc) is 2.23. The van der Waals surface area contributed by atoms with Gasteiger partial charge in [-0.05, 0) is 17.9 Å². The number of hydrogen-bond acceptors (Lipinski definition) is 2. The lowest BCUT2D eigenvalue weighted by atomic mass is 9.88. The molecule has 14 heavy (non-hydrogen) atoms. The smallest absolute Gasteiger partial charge is 0.158 e. The van der Waals surface area contributed by atoms with Crippen molar-refractivity contribution in [1.29, 1.82) is 0 Å². The molecular formula is C12H14N2. The van der Waals surface area contributed by atoms with Crippen molar-refractivity contribution in [2.45, 2.75) is 13.8 Å². The molecule has 1 heterocycles. The van der Waals surface area contributed by atoms with Gasteiger partial charge in [-0.2, -0.15) is 0 Å². The molecule has 1 aromatic heterocycles. The fourth-order valence-corrected chi connectivity index (χ4v) is 1.52. The third-order valence-corrected chi connectivity index (χ3v) is 2.68. The molecule has 2 nitrogen and oxygen atoms in total. The van der Waals surface area contributed by atoms with Crippen molar-refractivity contribution >= 4 is 5.57 Å². The van der Waals surface area contributed by atoms with Crippen molar-refractivity contribution in [2.24, 2.45) is 11.8 Å². The van der Waals surface area contributed by atoms with Crippen LogP contribution in [0.5, 0.6) is 0 Å². The highest BCUT2D eigenvalue weighted by atomic mass is 14.9. The van der Waals surface area contributed by atoms with Crippen LogP contribution in [0.3, 0.4) is 0 Å². The molecular weight excluding hydrogens is 172 g/mol. The van der Waals surface area contributed by atoms with Crippen molar-refractivity contribution in [2.75, 3.05) is 0 Å². The van der Waals surface area contributed by atoms with Crippen molar-refractivity contribution in [3.8, 4) is 0 Å². The van der Waals surface area contributed by atoms with Gasteiger partial charge in [0.05, 0.1) is 0 Å². The van der Waals surface area contributed by atoms with E-state index in [1.807, 2.05) is 6.07 Å². The second-order valence-electron chi connectivity index (χ2n) is 3.77. The first-order chi connectivity index (χ1) is 6.77. The molecule has 0 saturated carbocycles. The molecule has 2 atom stereocenters. The van der Waals surface area contributed by atoms with Gasteiger partial charge in [0.2, 0.25) is 0 Å². The van der Waals surface area contributed by atoms with Crippen LogP contribution in [0, 0.1) is 11.8 Å². The predicted molar refractivity (Wildman–Crippen MR) is 57.5 cm³/mol. The zero-order valence-corrected chi connectivity index (χ0v) is 8.51. The Hall–Kier alpha value is -1.44. The molecule has 0 radical (unpaired) electrons. The highest BCUT2D eigenvalue weighted by Crippen LogP contribution is 2.25. The molecule has 2 unspecified atom stereocenters. The van der Waals surface area contributed by atoms with E-state index in [2.05, 4.69) is 42.0 Å². The molecule has 72 valence electrons. The topological polar surface area (TPSA) is 25.8 Å². The van der Waals surface area contributed by atoms with E-state index in [-0.39, 0.29) is 0 Å². The van der Waals surface area contributed by atoms with Gasteiger partial charge in [-0.3, -0.25) is 0 Å². The number of aromatic nitrogens is 2. The van der Waals surface area contributed by atoms with E-state index >= 15 is 0 Å². The van der Waals surface area contributed by atoms with E-state index in [0.717, 1.165) is 11.4 Å². The lowest BCUT2D eigenvalue weighted by Crippen LogP contribution is -2.07. The maximum atomic E-state index is 4.23. The van der Waals surface area contributed by atoms with Crippen LogP contribution in [-0.4, -0.2) is 9.97 Å². The Balaban J connectivity index is 2.30. The van der Waals surface area contributed by atoms with E-state index in [4.69, 9.17) is 0 Å². The van der Waals surface area contributed by atoms with E-state index in [1.54, 1.807) is 12.4 Å². The van der Waals surface area contributed by atoms with E-state index < -0.39 is 0 Å². The molecule has 1 aliphatic rings. The lowest BCUT2D eigenvalue weighted by Gasteiger charge is -2.18. The first-order valence-electron chi connectivity index (χ1n) is 4.95. The van der Waals surface area contributed by atoms with E-state index in [0.29, 0.717) is 11.8 Å². The number of rotatable bonds is 1. The second-order valence-corrected chi connectivity index (χ2v) is 3.77. The Morgan fingerprint density at radius 1 is 1.07 bits per heavy atom. The van der Waals surface area contributed by atoms with E-state index in [1.165, 1.54) is 0 Å². The van der Waals surface area contributed by atoms with Crippen LogP contribution in [0.15, 0.2) is 36.7 Å². The Morgan fingerprint density at radius 2 is 1.79 bits per heavy atom. The Kier molecular flexibility index (Phi) is 2.44. The van der Waals surface area contributed by atoms with Gasteiger partial charge in [0.1, 0.15) is 0 Å². The van der Waals surface area contributed by atoms with Gasteiger partial charge in [0.15, 0.2) is 5.82 Å². The highest BCUT2D eigenvalue weighted by molar-refractivity contribution is 5.70. The zero-order valence-electron chi connectivity index (χ0n) is 8.51. The first-order valence-corrected chi connectivity index (χ1v) is 4.95. The molecule has 0 aliphatic heterocycles. The molecule has 0 N–H and O–H groups in total. The molecule has 0 fully saturated rings. The summed E-state index contributed by atoms with van der Waals surface area (Å²) in [5.74, 6) is 2.00. The normalized spacial score (nSPS) is 26.0. The van der Waals surface area contributed by atoms with Crippen molar-refractivity contribution in [3.63, 3.8) is 0 Å². The molecule has 0 amide bonds. The van der Waals surface area contributed by atoms with Gasteiger partial charge in [0, 0.05) is 18.0 Å². The lowest BCUT2D eigenvalue weighted by molar-refractivity contribution is 0.554. The quantitative estimate of drug-likeness (QED) is 0.674. The van der Waals surface area contributed by atoms with Gasteiger partial charge in [-0.25, -0.2) is 9.97 Å². The third kappa shape index (κ3) is 1.74. The largest absolute Gasteiger partial charge is 0.237 e. The third-order valence-electron chi connectivity index (χ3n) is 2.68. The van der Waals surface area contributed by atoms with Crippen molar-refractivity contribution < 1.29 is 0 Å².